The molecule has 178 valence electrons. The van der Waals surface area contributed by atoms with Crippen LogP contribution in [0.15, 0.2) is 65.3 Å². The molecule has 3 heterocycles. The molecule has 1 saturated carbocycles. The topological polar surface area (TPSA) is 67.4 Å². The molecule has 2 aromatic heterocycles. The summed E-state index contributed by atoms with van der Waals surface area (Å²) in [5, 5.41) is 5.22. The smallest absolute Gasteiger partial charge is 0.257 e. The Morgan fingerprint density at radius 1 is 1.00 bits per heavy atom. The monoisotopic (exact) mass is 487 g/mol. The second-order valence-corrected chi connectivity index (χ2v) is 9.56. The van der Waals surface area contributed by atoms with Crippen molar-refractivity contribution in [1.29, 1.82) is 0 Å². The third-order valence-electron chi connectivity index (χ3n) is 6.79. The highest BCUT2D eigenvalue weighted by Gasteiger charge is 2.35. The molecule has 0 atom stereocenters. The van der Waals surface area contributed by atoms with Crippen molar-refractivity contribution in [1.82, 2.24) is 19.7 Å². The van der Waals surface area contributed by atoms with Crippen LogP contribution < -0.4 is 4.90 Å². The number of piperazine rings is 1. The van der Waals surface area contributed by atoms with Gasteiger partial charge in [-0.25, -0.2) is 9.67 Å². The van der Waals surface area contributed by atoms with Crippen LogP contribution in [0.3, 0.4) is 0 Å². The van der Waals surface area contributed by atoms with Crippen LogP contribution in [-0.2, 0) is 0 Å². The fourth-order valence-electron chi connectivity index (χ4n) is 4.76. The molecule has 2 aliphatic rings. The third kappa shape index (κ3) is 4.21. The molecule has 2 aromatic carbocycles. The molecule has 1 saturated heterocycles. The third-order valence-corrected chi connectivity index (χ3v) is 7.11. The molecule has 8 heteroatoms. The lowest BCUT2D eigenvalue weighted by Gasteiger charge is -2.36. The summed E-state index contributed by atoms with van der Waals surface area (Å²) >= 11 is 6.44. The fraction of sp³-hybridized carbons (Fsp3) is 0.296. The maximum absolute atomic E-state index is 13.5. The Kier molecular flexibility index (Phi) is 5.57. The number of hydrogen-bond donors (Lipinski definition) is 0. The van der Waals surface area contributed by atoms with Crippen LogP contribution in [0.1, 0.15) is 40.7 Å². The number of carbonyl (C=O) groups is 1. The van der Waals surface area contributed by atoms with Crippen molar-refractivity contribution in [2.24, 2.45) is 0 Å². The maximum Gasteiger partial charge on any atom is 0.257 e. The molecule has 2 fully saturated rings. The van der Waals surface area contributed by atoms with E-state index in [1.807, 2.05) is 40.8 Å². The van der Waals surface area contributed by atoms with E-state index in [9.17, 15) is 4.79 Å². The molecular formula is C27H26ClN5O2. The first-order valence-electron chi connectivity index (χ1n) is 12.0. The van der Waals surface area contributed by atoms with E-state index in [1.165, 1.54) is 0 Å². The Labute approximate surface area is 208 Å². The summed E-state index contributed by atoms with van der Waals surface area (Å²) < 4.78 is 7.48. The zero-order chi connectivity index (χ0) is 23.9. The van der Waals surface area contributed by atoms with Gasteiger partial charge in [-0.05, 0) is 49.2 Å². The molecule has 4 aromatic rings. The molecule has 6 rings (SSSR count). The number of nitrogens with zero attached hydrogens (tertiary/aromatic N) is 5. The van der Waals surface area contributed by atoms with E-state index in [0.717, 1.165) is 54.3 Å². The van der Waals surface area contributed by atoms with Crippen LogP contribution in [0.5, 0.6) is 0 Å². The zero-order valence-electron chi connectivity index (χ0n) is 19.5. The predicted octanol–water partition coefficient (Wildman–Crippen LogP) is 5.33. The van der Waals surface area contributed by atoms with Gasteiger partial charge in [0.1, 0.15) is 0 Å². The summed E-state index contributed by atoms with van der Waals surface area (Å²) in [6.45, 7) is 4.74. The van der Waals surface area contributed by atoms with Crippen molar-refractivity contribution < 1.29 is 9.21 Å². The van der Waals surface area contributed by atoms with Crippen molar-refractivity contribution in [3.63, 3.8) is 0 Å². The van der Waals surface area contributed by atoms with E-state index < -0.39 is 0 Å². The second-order valence-electron chi connectivity index (χ2n) is 9.15. The average molecular weight is 488 g/mol. The number of rotatable bonds is 5. The van der Waals surface area contributed by atoms with Crippen LogP contribution in [0.25, 0.3) is 17.0 Å². The maximum atomic E-state index is 13.5. The highest BCUT2D eigenvalue weighted by Crippen LogP contribution is 2.43. The Morgan fingerprint density at radius 3 is 2.40 bits per heavy atom. The van der Waals surface area contributed by atoms with Crippen LogP contribution >= 0.6 is 11.6 Å². The van der Waals surface area contributed by atoms with Crippen LogP contribution in [0.4, 0.5) is 5.69 Å². The number of hydrogen-bond acceptors (Lipinski definition) is 5. The highest BCUT2D eigenvalue weighted by molar-refractivity contribution is 6.32. The van der Waals surface area contributed by atoms with E-state index in [2.05, 4.69) is 39.2 Å². The standard InChI is InChI=1S/C27H26ClN5O2/c1-18-29-17-25(35-18)19-8-10-21(11-9-19)31-12-14-32(15-13-31)27(34)22-16-30-33(26(22)20-6-7-20)24-5-3-2-4-23(24)28/h2-5,8-11,16-17,20H,6-7,12-15H2,1H3. The van der Waals surface area contributed by atoms with Crippen LogP contribution in [0, 0.1) is 6.92 Å². The normalized spacial score (nSPS) is 16.1. The Bertz CT molecular complexity index is 1360. The van der Waals surface area contributed by atoms with Crippen molar-refractivity contribution in [2.75, 3.05) is 31.1 Å². The van der Waals surface area contributed by atoms with Crippen molar-refractivity contribution in [3.05, 3.63) is 83.1 Å². The van der Waals surface area contributed by atoms with Crippen molar-refractivity contribution in [2.45, 2.75) is 25.7 Å². The molecule has 35 heavy (non-hydrogen) atoms. The lowest BCUT2D eigenvalue weighted by molar-refractivity contribution is 0.0745. The van der Waals surface area contributed by atoms with Crippen LogP contribution in [-0.4, -0.2) is 51.8 Å². The minimum Gasteiger partial charge on any atom is -0.441 e. The number of halogens is 1. The number of amides is 1. The average Bonchev–Trinajstić information content (AvgIpc) is 3.48. The Balaban J connectivity index is 1.16. The summed E-state index contributed by atoms with van der Waals surface area (Å²) in [5.41, 5.74) is 4.66. The largest absolute Gasteiger partial charge is 0.441 e. The number of para-hydroxylation sites is 1. The van der Waals surface area contributed by atoms with E-state index in [-0.39, 0.29) is 5.91 Å². The molecule has 0 radical (unpaired) electrons. The quantitative estimate of drug-likeness (QED) is 0.380. The molecule has 0 N–H and O–H groups in total. The van der Waals surface area contributed by atoms with E-state index in [1.54, 1.807) is 12.4 Å². The minimum atomic E-state index is 0.0564. The first-order valence-corrected chi connectivity index (χ1v) is 12.4. The molecule has 1 aliphatic heterocycles. The van der Waals surface area contributed by atoms with Gasteiger partial charge in [0.15, 0.2) is 11.7 Å². The van der Waals surface area contributed by atoms with E-state index >= 15 is 0 Å². The summed E-state index contributed by atoms with van der Waals surface area (Å²) in [4.78, 5) is 22.0. The van der Waals surface area contributed by atoms with Gasteiger partial charge in [0.2, 0.25) is 0 Å². The van der Waals surface area contributed by atoms with Gasteiger partial charge in [0.25, 0.3) is 5.91 Å². The van der Waals surface area contributed by atoms with Gasteiger partial charge in [0, 0.05) is 50.3 Å². The zero-order valence-corrected chi connectivity index (χ0v) is 20.3. The summed E-state index contributed by atoms with van der Waals surface area (Å²) in [7, 11) is 0. The second kappa shape index (κ2) is 8.89. The fourth-order valence-corrected chi connectivity index (χ4v) is 4.97. The number of oxazole rings is 1. The lowest BCUT2D eigenvalue weighted by Crippen LogP contribution is -2.48. The predicted molar refractivity (Wildman–Crippen MR) is 135 cm³/mol. The van der Waals surface area contributed by atoms with Gasteiger partial charge in [-0.1, -0.05) is 23.7 Å². The summed E-state index contributed by atoms with van der Waals surface area (Å²) in [5.74, 6) is 1.85. The van der Waals surface area contributed by atoms with Crippen LogP contribution in [0.2, 0.25) is 5.02 Å². The Morgan fingerprint density at radius 2 is 1.74 bits per heavy atom. The van der Waals surface area contributed by atoms with Gasteiger partial charge in [0.05, 0.1) is 34.4 Å². The first kappa shape index (κ1) is 21.9. The van der Waals surface area contributed by atoms with Gasteiger partial charge in [-0.2, -0.15) is 5.10 Å². The molecule has 1 amide bonds. The molecule has 0 unspecified atom stereocenters. The number of aryl methyl sites for hydroxylation is 1. The van der Waals surface area contributed by atoms with Gasteiger partial charge in [-0.3, -0.25) is 4.79 Å². The number of anilines is 1. The first-order chi connectivity index (χ1) is 17.1. The van der Waals surface area contributed by atoms with Crippen molar-refractivity contribution >= 4 is 23.2 Å². The van der Waals surface area contributed by atoms with Gasteiger partial charge in [-0.15, -0.1) is 0 Å². The van der Waals surface area contributed by atoms with Gasteiger partial charge >= 0.3 is 0 Å². The number of aromatic nitrogens is 3. The van der Waals surface area contributed by atoms with E-state index in [4.69, 9.17) is 16.0 Å². The van der Waals surface area contributed by atoms with Crippen molar-refractivity contribution in [3.8, 4) is 17.0 Å². The molecular weight excluding hydrogens is 462 g/mol. The summed E-state index contributed by atoms with van der Waals surface area (Å²) in [6, 6.07) is 16.0. The minimum absolute atomic E-state index is 0.0564. The van der Waals surface area contributed by atoms with E-state index in [0.29, 0.717) is 35.5 Å². The lowest BCUT2D eigenvalue weighted by atomic mass is 10.1. The molecule has 7 nitrogen and oxygen atoms in total. The molecule has 0 spiro atoms. The molecule has 1 aliphatic carbocycles. The van der Waals surface area contributed by atoms with Gasteiger partial charge < -0.3 is 14.2 Å². The number of carbonyl (C=O) groups excluding carboxylic acids is 1. The summed E-state index contributed by atoms with van der Waals surface area (Å²) in [6.07, 6.45) is 5.62. The highest BCUT2D eigenvalue weighted by atomic mass is 35.5. The Hall–Kier alpha value is -3.58. The SMILES string of the molecule is Cc1ncc(-c2ccc(N3CCN(C(=O)c4cnn(-c5ccccc5Cl)c4C4CC4)CC3)cc2)o1. The molecule has 0 bridgehead atoms. The number of benzene rings is 2.